The molecule has 2 N–H and O–H groups in total. The van der Waals surface area contributed by atoms with Gasteiger partial charge < -0.3 is 34.4 Å². The zero-order valence-electron chi connectivity index (χ0n) is 29.9. The highest BCUT2D eigenvalue weighted by molar-refractivity contribution is 8.14. The lowest BCUT2D eigenvalue weighted by atomic mass is 10.0. The number of carbonyl (C=O) groups is 7. The standard InChI is InChI=1S/C35H32ClN5O12S3/c1-17(42)52-24-10-7-20(11-25(24)53-18(2)43)34(48)55-15-21-14-54-32-28(39-30(45)27(40-50-4)23-16-56-35(37-23)38-26(44)12-36)31(46)41(32)29(21)33(47)51-13-19-5-8-22(49-3)9-6-19/h5-11,16,28,32H,12-15H2,1-4H3,(H,39,45)(H,37,38,44)/b40-27-/t28-,32-/m1/s1. The molecule has 56 heavy (non-hydrogen) atoms. The molecule has 3 amide bonds. The van der Waals surface area contributed by atoms with Crippen LogP contribution >= 0.6 is 46.5 Å². The lowest BCUT2D eigenvalue weighted by Gasteiger charge is -2.49. The number of ether oxygens (including phenoxy) is 4. The number of rotatable bonds is 15. The Morgan fingerprint density at radius 2 is 1.73 bits per heavy atom. The predicted octanol–water partition coefficient (Wildman–Crippen LogP) is 3.50. The van der Waals surface area contributed by atoms with Crippen LogP contribution in [0.5, 0.6) is 17.2 Å². The number of benzene rings is 2. The van der Waals surface area contributed by atoms with E-state index in [9.17, 15) is 33.6 Å². The van der Waals surface area contributed by atoms with Crippen molar-refractivity contribution in [2.24, 2.45) is 5.16 Å². The number of β-lactam (4-membered cyclic amide) rings is 1. The zero-order chi connectivity index (χ0) is 40.5. The van der Waals surface area contributed by atoms with E-state index in [0.717, 1.165) is 30.0 Å². The summed E-state index contributed by atoms with van der Waals surface area (Å²) in [6.07, 6.45) is 0. The van der Waals surface area contributed by atoms with Crippen LogP contribution in [0.4, 0.5) is 5.13 Å². The Labute approximate surface area is 336 Å². The normalized spacial score (nSPS) is 16.2. The number of nitrogens with one attached hydrogen (secondary N) is 2. The lowest BCUT2D eigenvalue weighted by Crippen LogP contribution is -2.71. The quantitative estimate of drug-likeness (QED) is 0.0559. The summed E-state index contributed by atoms with van der Waals surface area (Å²) in [6, 6.07) is 9.69. The molecule has 0 spiro atoms. The Bertz CT molecular complexity index is 2120. The van der Waals surface area contributed by atoms with Gasteiger partial charge in [-0.25, -0.2) is 9.78 Å². The van der Waals surface area contributed by atoms with Crippen LogP contribution in [0.2, 0.25) is 0 Å². The van der Waals surface area contributed by atoms with Gasteiger partial charge in [0, 0.05) is 36.3 Å². The SMILES string of the molecule is CO/N=C(\C(=O)N[C@@H]1C(=O)N2C(C(=O)OCc3ccc(OC)cc3)=C(CSC(=O)c3ccc(OC(C)=O)c(OC(C)=O)c3)CS[C@H]12)c1csc(NC(=O)CCl)n1. The van der Waals surface area contributed by atoms with Gasteiger partial charge >= 0.3 is 17.9 Å². The van der Waals surface area contributed by atoms with Gasteiger partial charge in [0.2, 0.25) is 11.0 Å². The molecule has 0 aliphatic carbocycles. The van der Waals surface area contributed by atoms with Crippen molar-refractivity contribution in [1.82, 2.24) is 15.2 Å². The molecule has 0 radical (unpaired) electrons. The van der Waals surface area contributed by atoms with E-state index in [2.05, 4.69) is 20.8 Å². The second-order valence-electron chi connectivity index (χ2n) is 11.5. The summed E-state index contributed by atoms with van der Waals surface area (Å²) in [4.78, 5) is 99.5. The Kier molecular flexibility index (Phi) is 14.1. The van der Waals surface area contributed by atoms with Gasteiger partial charge in [-0.15, -0.1) is 34.7 Å². The summed E-state index contributed by atoms with van der Waals surface area (Å²) in [5.74, 6) is -3.89. The van der Waals surface area contributed by atoms with E-state index in [4.69, 9.17) is 35.4 Å². The average molecular weight is 846 g/mol. The zero-order valence-corrected chi connectivity index (χ0v) is 33.2. The van der Waals surface area contributed by atoms with Crippen molar-refractivity contribution in [3.63, 3.8) is 0 Å². The van der Waals surface area contributed by atoms with E-state index in [1.807, 2.05) is 0 Å². The van der Waals surface area contributed by atoms with Crippen LogP contribution < -0.4 is 24.8 Å². The molecule has 1 aromatic heterocycles. The second kappa shape index (κ2) is 18.9. The fourth-order valence-corrected chi connectivity index (χ4v) is 8.26. The van der Waals surface area contributed by atoms with Crippen molar-refractivity contribution < 1.29 is 57.3 Å². The van der Waals surface area contributed by atoms with E-state index in [1.54, 1.807) is 24.3 Å². The van der Waals surface area contributed by atoms with Crippen LogP contribution in [0, 0.1) is 0 Å². The number of oxime groups is 1. The Balaban J connectivity index is 1.36. The minimum absolute atomic E-state index is 0.0437. The number of amides is 3. The van der Waals surface area contributed by atoms with Gasteiger partial charge in [-0.05, 0) is 41.5 Å². The number of anilines is 1. The van der Waals surface area contributed by atoms with Crippen molar-refractivity contribution in [2.45, 2.75) is 31.9 Å². The number of esters is 3. The highest BCUT2D eigenvalue weighted by Gasteiger charge is 2.54. The molecule has 3 aromatic rings. The molecule has 0 unspecified atom stereocenters. The third kappa shape index (κ3) is 10.0. The number of fused-ring (bicyclic) bond motifs is 1. The van der Waals surface area contributed by atoms with E-state index in [-0.39, 0.29) is 63.3 Å². The highest BCUT2D eigenvalue weighted by Crippen LogP contribution is 2.42. The number of hydrogen-bond acceptors (Lipinski definition) is 17. The van der Waals surface area contributed by atoms with Crippen LogP contribution in [0.15, 0.2) is 64.3 Å². The van der Waals surface area contributed by atoms with Gasteiger partial charge in [0.05, 0.1) is 7.11 Å². The van der Waals surface area contributed by atoms with Gasteiger partial charge in [-0.1, -0.05) is 29.1 Å². The average Bonchev–Trinajstić information content (AvgIpc) is 3.64. The van der Waals surface area contributed by atoms with Crippen molar-refractivity contribution in [3.8, 4) is 17.2 Å². The maximum atomic E-state index is 13.8. The van der Waals surface area contributed by atoms with Gasteiger partial charge in [-0.2, -0.15) is 0 Å². The van der Waals surface area contributed by atoms with E-state index >= 15 is 0 Å². The number of methoxy groups -OCH3 is 1. The highest BCUT2D eigenvalue weighted by atomic mass is 35.5. The third-order valence-corrected chi connectivity index (χ3v) is 11.0. The smallest absolute Gasteiger partial charge is 0.355 e. The van der Waals surface area contributed by atoms with E-state index in [0.29, 0.717) is 16.9 Å². The van der Waals surface area contributed by atoms with Crippen LogP contribution in [-0.4, -0.2) is 99.4 Å². The predicted molar refractivity (Wildman–Crippen MR) is 206 cm³/mol. The molecule has 0 bridgehead atoms. The first-order valence-electron chi connectivity index (χ1n) is 16.2. The molecule has 2 aromatic carbocycles. The molecular weight excluding hydrogens is 814 g/mol. The third-order valence-electron chi connectivity index (χ3n) is 7.63. The molecule has 3 heterocycles. The topological polar surface area (TPSA) is 218 Å². The largest absolute Gasteiger partial charge is 0.497 e. The summed E-state index contributed by atoms with van der Waals surface area (Å²) in [7, 11) is 2.74. The summed E-state index contributed by atoms with van der Waals surface area (Å²) in [6.45, 7) is 2.18. The number of aromatic nitrogens is 1. The molecular formula is C35H32ClN5O12S3. The summed E-state index contributed by atoms with van der Waals surface area (Å²) >= 11 is 8.63. The molecule has 21 heteroatoms. The van der Waals surface area contributed by atoms with Crippen LogP contribution in [0.3, 0.4) is 0 Å². The summed E-state index contributed by atoms with van der Waals surface area (Å²) in [5.41, 5.74) is 0.879. The van der Waals surface area contributed by atoms with Crippen molar-refractivity contribution in [2.75, 3.05) is 36.9 Å². The molecule has 294 valence electrons. The Hall–Kier alpha value is -5.44. The number of thioether (sulfide) groups is 2. The number of nitrogens with zero attached hydrogens (tertiary/aromatic N) is 3. The number of carbonyl (C=O) groups excluding carboxylic acids is 7. The fourth-order valence-electron chi connectivity index (χ4n) is 5.16. The van der Waals surface area contributed by atoms with E-state index in [1.165, 1.54) is 61.4 Å². The first-order chi connectivity index (χ1) is 26.8. The van der Waals surface area contributed by atoms with Gasteiger partial charge in [-0.3, -0.25) is 33.7 Å². The lowest BCUT2D eigenvalue weighted by molar-refractivity contribution is -0.153. The maximum Gasteiger partial charge on any atom is 0.355 e. The summed E-state index contributed by atoms with van der Waals surface area (Å²) < 4.78 is 21.1. The number of hydrogen-bond donors (Lipinski definition) is 2. The van der Waals surface area contributed by atoms with Crippen LogP contribution in [0.1, 0.15) is 35.5 Å². The first kappa shape index (κ1) is 41.7. The second-order valence-corrected chi connectivity index (χ2v) is 14.7. The van der Waals surface area contributed by atoms with Crippen LogP contribution in [-0.2, 0) is 44.9 Å². The maximum absolute atomic E-state index is 13.8. The van der Waals surface area contributed by atoms with Gasteiger partial charge in [0.1, 0.15) is 48.2 Å². The molecule has 17 nitrogen and oxygen atoms in total. The molecule has 5 rings (SSSR count). The van der Waals surface area contributed by atoms with Crippen molar-refractivity contribution in [1.29, 1.82) is 0 Å². The monoisotopic (exact) mass is 845 g/mol. The summed E-state index contributed by atoms with van der Waals surface area (Å²) in [5, 5.41) is 9.30. The van der Waals surface area contributed by atoms with Crippen molar-refractivity contribution in [3.05, 3.63) is 75.9 Å². The fraction of sp³-hybridized carbons (Fsp3) is 0.286. The number of halogens is 1. The Morgan fingerprint density at radius 3 is 2.39 bits per heavy atom. The number of thiazole rings is 1. The van der Waals surface area contributed by atoms with Crippen LogP contribution in [0.25, 0.3) is 0 Å². The molecule has 2 aliphatic heterocycles. The van der Waals surface area contributed by atoms with E-state index < -0.39 is 52.2 Å². The molecule has 2 aliphatic rings. The molecule has 1 fully saturated rings. The Morgan fingerprint density at radius 1 is 1.02 bits per heavy atom. The molecule has 0 saturated carbocycles. The number of alkyl halides is 1. The van der Waals surface area contributed by atoms with Gasteiger partial charge in [0.25, 0.3) is 11.8 Å². The minimum Gasteiger partial charge on any atom is -0.497 e. The van der Waals surface area contributed by atoms with Crippen molar-refractivity contribution >= 4 is 98.0 Å². The minimum atomic E-state index is -1.10. The molecule has 2 atom stereocenters. The van der Waals surface area contributed by atoms with Gasteiger partial charge in [0.15, 0.2) is 22.3 Å². The molecule has 1 saturated heterocycles. The first-order valence-corrected chi connectivity index (χ1v) is 19.7.